The number of nitrogens with one attached hydrogen (secondary N) is 1. The third kappa shape index (κ3) is 3.98. The second kappa shape index (κ2) is 7.96. The van der Waals surface area contributed by atoms with E-state index in [9.17, 15) is 14.0 Å². The maximum Gasteiger partial charge on any atom is 0.356 e. The number of rotatable bonds is 6. The lowest BCUT2D eigenvalue weighted by molar-refractivity contribution is -0.115. The maximum absolute atomic E-state index is 14.7. The van der Waals surface area contributed by atoms with Gasteiger partial charge >= 0.3 is 5.97 Å². The summed E-state index contributed by atoms with van der Waals surface area (Å²) in [5, 5.41) is 2.65. The van der Waals surface area contributed by atoms with Gasteiger partial charge in [-0.2, -0.15) is 0 Å². The van der Waals surface area contributed by atoms with Crippen molar-refractivity contribution in [2.24, 2.45) is 0 Å². The van der Waals surface area contributed by atoms with Gasteiger partial charge in [0.15, 0.2) is 0 Å². The van der Waals surface area contributed by atoms with Crippen molar-refractivity contribution in [3.63, 3.8) is 0 Å². The minimum atomic E-state index is -0.605. The number of halogens is 1. The third-order valence-corrected chi connectivity index (χ3v) is 5.27. The van der Waals surface area contributed by atoms with Crippen LogP contribution in [0.15, 0.2) is 30.5 Å². The van der Waals surface area contributed by atoms with Crippen molar-refractivity contribution in [3.05, 3.63) is 53.1 Å². The van der Waals surface area contributed by atoms with Crippen LogP contribution in [-0.4, -0.2) is 31.1 Å². The van der Waals surface area contributed by atoms with Crippen LogP contribution >= 0.6 is 0 Å². The van der Waals surface area contributed by atoms with Crippen molar-refractivity contribution in [3.8, 4) is 5.75 Å². The van der Waals surface area contributed by atoms with E-state index in [4.69, 9.17) is 4.74 Å². The number of aromatic nitrogens is 1. The van der Waals surface area contributed by atoms with E-state index in [-0.39, 0.29) is 23.1 Å². The minimum absolute atomic E-state index is 0.0751. The van der Waals surface area contributed by atoms with Crippen LogP contribution in [0.5, 0.6) is 5.75 Å². The highest BCUT2D eigenvalue weighted by atomic mass is 19.1. The predicted octanol–water partition coefficient (Wildman–Crippen LogP) is 3.64. The van der Waals surface area contributed by atoms with Crippen LogP contribution in [0.25, 0.3) is 0 Å². The third-order valence-electron chi connectivity index (χ3n) is 5.27. The lowest BCUT2D eigenvalue weighted by Gasteiger charge is -2.39. The number of carbonyl (C=O) groups is 2. The second-order valence-electron chi connectivity index (χ2n) is 7.20. The normalized spacial score (nSPS) is 14.7. The van der Waals surface area contributed by atoms with Crippen molar-refractivity contribution in [1.29, 1.82) is 0 Å². The number of methoxy groups -OCH3 is 2. The fraction of sp³-hybridized carbons (Fsp3) is 0.381. The van der Waals surface area contributed by atoms with E-state index >= 15 is 0 Å². The summed E-state index contributed by atoms with van der Waals surface area (Å²) in [4.78, 5) is 27.8. The van der Waals surface area contributed by atoms with Gasteiger partial charge in [0, 0.05) is 23.0 Å². The van der Waals surface area contributed by atoms with Gasteiger partial charge in [-0.15, -0.1) is 0 Å². The number of hydrogen-bond acceptors (Lipinski definition) is 5. The minimum Gasteiger partial charge on any atom is -0.496 e. The fourth-order valence-electron chi connectivity index (χ4n) is 3.45. The quantitative estimate of drug-likeness (QED) is 0.767. The number of nitrogens with zero attached hydrogens (tertiary/aromatic N) is 1. The summed E-state index contributed by atoms with van der Waals surface area (Å²) in [5.41, 5.74) is 1.48. The molecule has 1 aromatic heterocycles. The molecule has 148 valence electrons. The smallest absolute Gasteiger partial charge is 0.356 e. The number of esters is 1. The first-order valence-electron chi connectivity index (χ1n) is 9.07. The number of carbonyl (C=O) groups excluding carboxylic acids is 2. The molecule has 6 nitrogen and oxygen atoms in total. The standard InChI is InChI=1S/C21H23FN2O4/c1-21(6-4-7-21)15-12-16(22)13(9-18(15)27-2)10-19(25)24-14-5-8-23-17(11-14)20(26)28-3/h5,8-9,11-12H,4,6-7,10H2,1-3H3,(H,23,24,25). The Bertz CT molecular complexity index is 909. The molecule has 1 saturated carbocycles. The van der Waals surface area contributed by atoms with Crippen LogP contribution in [0.2, 0.25) is 0 Å². The van der Waals surface area contributed by atoms with Gasteiger partial charge in [0.2, 0.25) is 5.91 Å². The van der Waals surface area contributed by atoms with E-state index in [2.05, 4.69) is 22.0 Å². The highest BCUT2D eigenvalue weighted by Crippen LogP contribution is 2.47. The Kier molecular flexibility index (Phi) is 5.63. The average Bonchev–Trinajstić information content (AvgIpc) is 2.66. The molecule has 1 N–H and O–H groups in total. The zero-order valence-electron chi connectivity index (χ0n) is 16.2. The molecule has 1 fully saturated rings. The van der Waals surface area contributed by atoms with E-state index in [1.807, 2.05) is 0 Å². The van der Waals surface area contributed by atoms with E-state index in [0.717, 1.165) is 24.8 Å². The summed E-state index contributed by atoms with van der Waals surface area (Å²) in [6.07, 6.45) is 4.33. The number of benzene rings is 1. The van der Waals surface area contributed by atoms with Gasteiger partial charge in [-0.1, -0.05) is 13.3 Å². The topological polar surface area (TPSA) is 77.5 Å². The summed E-state index contributed by atoms with van der Waals surface area (Å²) in [6.45, 7) is 2.10. The molecule has 3 rings (SSSR count). The molecule has 0 saturated heterocycles. The molecule has 0 spiro atoms. The van der Waals surface area contributed by atoms with Crippen LogP contribution in [0.3, 0.4) is 0 Å². The number of amides is 1. The van der Waals surface area contributed by atoms with Crippen LogP contribution < -0.4 is 10.1 Å². The van der Waals surface area contributed by atoms with Crippen LogP contribution in [0, 0.1) is 5.82 Å². The molecule has 0 aliphatic heterocycles. The Labute approximate surface area is 163 Å². The maximum atomic E-state index is 14.7. The predicted molar refractivity (Wildman–Crippen MR) is 102 cm³/mol. The molecule has 0 bridgehead atoms. The van der Waals surface area contributed by atoms with Crippen molar-refractivity contribution in [1.82, 2.24) is 4.98 Å². The molecule has 1 amide bonds. The first kappa shape index (κ1) is 19.8. The fourth-order valence-corrected chi connectivity index (χ4v) is 3.45. The first-order valence-corrected chi connectivity index (χ1v) is 9.07. The zero-order chi connectivity index (χ0) is 20.3. The summed E-state index contributed by atoms with van der Waals surface area (Å²) in [7, 11) is 2.80. The van der Waals surface area contributed by atoms with Gasteiger partial charge in [-0.05, 0) is 42.5 Å². The van der Waals surface area contributed by atoms with E-state index in [0.29, 0.717) is 11.4 Å². The molecule has 1 aliphatic rings. The Balaban J connectivity index is 1.76. The molecule has 0 unspecified atom stereocenters. The summed E-state index contributed by atoms with van der Waals surface area (Å²) >= 11 is 0. The lowest BCUT2D eigenvalue weighted by atomic mass is 9.65. The van der Waals surface area contributed by atoms with Gasteiger partial charge in [-0.25, -0.2) is 14.2 Å². The van der Waals surface area contributed by atoms with Gasteiger partial charge in [0.05, 0.1) is 20.6 Å². The Hall–Kier alpha value is -2.96. The van der Waals surface area contributed by atoms with Crippen molar-refractivity contribution in [2.45, 2.75) is 38.0 Å². The van der Waals surface area contributed by atoms with E-state index < -0.39 is 17.7 Å². The second-order valence-corrected chi connectivity index (χ2v) is 7.20. The average molecular weight is 386 g/mol. The molecule has 7 heteroatoms. The van der Waals surface area contributed by atoms with Crippen LogP contribution in [0.1, 0.15) is 47.8 Å². The zero-order valence-corrected chi connectivity index (χ0v) is 16.2. The van der Waals surface area contributed by atoms with Gasteiger partial charge in [0.1, 0.15) is 17.3 Å². The molecule has 0 atom stereocenters. The molecular weight excluding hydrogens is 363 g/mol. The Morgan fingerprint density at radius 2 is 2.00 bits per heavy atom. The molecule has 2 aromatic rings. The van der Waals surface area contributed by atoms with Gasteiger partial charge in [0.25, 0.3) is 0 Å². The lowest BCUT2D eigenvalue weighted by Crippen LogP contribution is -2.31. The van der Waals surface area contributed by atoms with Crippen LogP contribution in [-0.2, 0) is 21.4 Å². The Morgan fingerprint density at radius 3 is 2.61 bits per heavy atom. The Morgan fingerprint density at radius 1 is 1.25 bits per heavy atom. The number of hydrogen-bond donors (Lipinski definition) is 1. The first-order chi connectivity index (χ1) is 13.4. The van der Waals surface area contributed by atoms with Crippen LogP contribution in [0.4, 0.5) is 10.1 Å². The van der Waals surface area contributed by atoms with E-state index in [1.165, 1.54) is 25.4 Å². The van der Waals surface area contributed by atoms with Crippen molar-refractivity contribution in [2.75, 3.05) is 19.5 Å². The number of pyridine rings is 1. The molecule has 1 heterocycles. The number of ether oxygens (including phenoxy) is 2. The summed E-state index contributed by atoms with van der Waals surface area (Å²) < 4.78 is 24.7. The van der Waals surface area contributed by atoms with Gasteiger partial charge in [-0.3, -0.25) is 4.79 Å². The monoisotopic (exact) mass is 386 g/mol. The SMILES string of the molecule is COC(=O)c1cc(NC(=O)Cc2cc(OC)c(C3(C)CCC3)cc2F)ccn1. The molecule has 0 radical (unpaired) electrons. The highest BCUT2D eigenvalue weighted by molar-refractivity contribution is 5.94. The molecule has 1 aliphatic carbocycles. The summed E-state index contributed by atoms with van der Waals surface area (Å²) in [5.74, 6) is -0.843. The molecule has 1 aromatic carbocycles. The van der Waals surface area contributed by atoms with E-state index in [1.54, 1.807) is 19.2 Å². The van der Waals surface area contributed by atoms with Gasteiger partial charge < -0.3 is 14.8 Å². The molecular formula is C21H23FN2O4. The largest absolute Gasteiger partial charge is 0.496 e. The highest BCUT2D eigenvalue weighted by Gasteiger charge is 2.36. The molecule has 28 heavy (non-hydrogen) atoms. The van der Waals surface area contributed by atoms with Crippen molar-refractivity contribution >= 4 is 17.6 Å². The summed E-state index contributed by atoms with van der Waals surface area (Å²) in [6, 6.07) is 6.03. The number of anilines is 1. The van der Waals surface area contributed by atoms with Crippen molar-refractivity contribution < 1.29 is 23.5 Å².